The van der Waals surface area contributed by atoms with Gasteiger partial charge in [-0.05, 0) is 119 Å². The van der Waals surface area contributed by atoms with E-state index in [0.29, 0.717) is 0 Å². The minimum Gasteiger partial charge on any atom is -0.309 e. The number of nitrogens with zero attached hydrogens (tertiary/aromatic N) is 1. The lowest BCUT2D eigenvalue weighted by atomic mass is 9.67. The standard InChI is InChI=1S/C74H47NS/c1-3-19-48(20-4-1)50-37-41-52(42-38-50)73(53-43-39-51(40-44-53)49-21-5-2-6-22-49)63-30-14-9-26-59(63)71-65(73)32-17-34-67(71)75(54-45-46-58-57-25-11-16-36-69(57)76-70(58)47-54)68-35-18-33-66-72(68)60-27-10-15-31-64(60)74(66)61-28-12-7-23-55(61)56-24-8-13-29-62(56)74/h1-47H. The van der Waals surface area contributed by atoms with E-state index in [4.69, 9.17) is 0 Å². The van der Waals surface area contributed by atoms with Crippen LogP contribution < -0.4 is 4.90 Å². The Morgan fingerprint density at radius 3 is 1.20 bits per heavy atom. The molecule has 0 aliphatic heterocycles. The molecule has 3 aliphatic carbocycles. The smallest absolute Gasteiger partial charge is 0.0726 e. The van der Waals surface area contributed by atoms with E-state index in [1.54, 1.807) is 0 Å². The fourth-order valence-electron chi connectivity index (χ4n) is 13.9. The summed E-state index contributed by atoms with van der Waals surface area (Å²) in [4.78, 5) is 2.62. The van der Waals surface area contributed by atoms with Crippen LogP contribution in [0.4, 0.5) is 17.1 Å². The van der Waals surface area contributed by atoms with Gasteiger partial charge in [-0.25, -0.2) is 0 Å². The number of anilines is 3. The Hall–Kier alpha value is -9.34. The molecule has 0 saturated carbocycles. The predicted molar refractivity (Wildman–Crippen MR) is 318 cm³/mol. The van der Waals surface area contributed by atoms with Gasteiger partial charge >= 0.3 is 0 Å². The third-order valence-corrected chi connectivity index (χ3v) is 18.1. The molecule has 0 N–H and O–H groups in total. The zero-order valence-electron chi connectivity index (χ0n) is 41.5. The monoisotopic (exact) mass is 981 g/mol. The Balaban J connectivity index is 0.993. The van der Waals surface area contributed by atoms with Crippen LogP contribution in [0.5, 0.6) is 0 Å². The van der Waals surface area contributed by atoms with Crippen molar-refractivity contribution in [2.75, 3.05) is 4.90 Å². The van der Waals surface area contributed by atoms with Crippen molar-refractivity contribution in [2.45, 2.75) is 10.8 Å². The number of benzene rings is 12. The van der Waals surface area contributed by atoms with Crippen molar-refractivity contribution in [1.29, 1.82) is 0 Å². The van der Waals surface area contributed by atoms with Crippen LogP contribution >= 0.6 is 11.3 Å². The zero-order valence-corrected chi connectivity index (χ0v) is 42.3. The van der Waals surface area contributed by atoms with Crippen molar-refractivity contribution < 1.29 is 0 Å². The Morgan fingerprint density at radius 1 is 0.263 bits per heavy atom. The molecule has 3 aliphatic rings. The van der Waals surface area contributed by atoms with Crippen molar-refractivity contribution in [3.8, 4) is 55.6 Å². The van der Waals surface area contributed by atoms with Gasteiger partial charge in [-0.3, -0.25) is 0 Å². The molecule has 1 aromatic heterocycles. The molecular formula is C74H47NS. The molecule has 354 valence electrons. The molecule has 0 fully saturated rings. The third-order valence-electron chi connectivity index (χ3n) is 17.0. The van der Waals surface area contributed by atoms with Gasteiger partial charge in [0.15, 0.2) is 0 Å². The topological polar surface area (TPSA) is 3.24 Å². The zero-order chi connectivity index (χ0) is 50.0. The molecule has 1 spiro atoms. The molecule has 0 bridgehead atoms. The molecule has 1 nitrogen and oxygen atoms in total. The normalized spacial score (nSPS) is 13.7. The fourth-order valence-corrected chi connectivity index (χ4v) is 15.1. The molecular weight excluding hydrogens is 935 g/mol. The van der Waals surface area contributed by atoms with Crippen LogP contribution in [0.3, 0.4) is 0 Å². The summed E-state index contributed by atoms with van der Waals surface area (Å²) in [7, 11) is 0. The lowest BCUT2D eigenvalue weighted by molar-refractivity contribution is 0.769. The maximum atomic E-state index is 2.62. The Morgan fingerprint density at radius 2 is 0.658 bits per heavy atom. The van der Waals surface area contributed by atoms with E-state index >= 15 is 0 Å². The molecule has 1 heterocycles. The Bertz CT molecular complexity index is 4320. The van der Waals surface area contributed by atoms with Crippen LogP contribution in [0.15, 0.2) is 285 Å². The van der Waals surface area contributed by atoms with E-state index in [9.17, 15) is 0 Å². The number of hydrogen-bond donors (Lipinski definition) is 0. The van der Waals surface area contributed by atoms with Crippen molar-refractivity contribution in [2.24, 2.45) is 0 Å². The highest BCUT2D eigenvalue weighted by atomic mass is 32.1. The first-order valence-electron chi connectivity index (χ1n) is 26.4. The second-order valence-corrected chi connectivity index (χ2v) is 21.7. The molecule has 0 unspecified atom stereocenters. The third kappa shape index (κ3) is 5.90. The summed E-state index contributed by atoms with van der Waals surface area (Å²) in [5.41, 5.74) is 25.1. The van der Waals surface area contributed by atoms with E-state index in [-0.39, 0.29) is 0 Å². The van der Waals surface area contributed by atoms with Gasteiger partial charge in [-0.15, -0.1) is 11.3 Å². The van der Waals surface area contributed by atoms with E-state index in [2.05, 4.69) is 290 Å². The first-order valence-corrected chi connectivity index (χ1v) is 27.2. The lowest BCUT2D eigenvalue weighted by Crippen LogP contribution is -2.28. The van der Waals surface area contributed by atoms with Crippen LogP contribution in [0.25, 0.3) is 75.8 Å². The maximum absolute atomic E-state index is 2.62. The fraction of sp³-hybridized carbons (Fsp3) is 0.0270. The number of hydrogen-bond acceptors (Lipinski definition) is 2. The summed E-state index contributed by atoms with van der Waals surface area (Å²) in [5.74, 6) is 0. The summed E-state index contributed by atoms with van der Waals surface area (Å²) in [6, 6.07) is 107. The minimum absolute atomic E-state index is 0.492. The largest absolute Gasteiger partial charge is 0.309 e. The van der Waals surface area contributed by atoms with Gasteiger partial charge in [0, 0.05) is 37.0 Å². The molecule has 12 aromatic carbocycles. The van der Waals surface area contributed by atoms with Crippen LogP contribution in [0, 0.1) is 0 Å². The van der Waals surface area contributed by atoms with Gasteiger partial charge in [0.05, 0.1) is 22.2 Å². The molecule has 76 heavy (non-hydrogen) atoms. The first-order chi connectivity index (χ1) is 37.7. The molecule has 0 atom stereocenters. The van der Waals surface area contributed by atoms with Crippen LogP contribution in [-0.2, 0) is 10.8 Å². The van der Waals surface area contributed by atoms with Crippen LogP contribution in [0.1, 0.15) is 44.5 Å². The van der Waals surface area contributed by atoms with Gasteiger partial charge in [-0.1, -0.05) is 255 Å². The summed E-state index contributed by atoms with van der Waals surface area (Å²) in [6.45, 7) is 0. The minimum atomic E-state index is -0.653. The lowest BCUT2D eigenvalue weighted by Gasteiger charge is -2.35. The Kier molecular flexibility index (Phi) is 9.40. The van der Waals surface area contributed by atoms with Crippen molar-refractivity contribution >= 4 is 48.6 Å². The molecule has 16 rings (SSSR count). The molecule has 13 aromatic rings. The van der Waals surface area contributed by atoms with Gasteiger partial charge in [0.25, 0.3) is 0 Å². The highest BCUT2D eigenvalue weighted by Gasteiger charge is 2.53. The molecule has 0 radical (unpaired) electrons. The second-order valence-electron chi connectivity index (χ2n) is 20.6. The maximum Gasteiger partial charge on any atom is 0.0726 e. The number of fused-ring (bicyclic) bond motifs is 16. The van der Waals surface area contributed by atoms with Crippen molar-refractivity contribution in [3.63, 3.8) is 0 Å². The quantitative estimate of drug-likeness (QED) is 0.154. The van der Waals surface area contributed by atoms with E-state index in [0.717, 1.165) is 17.1 Å². The van der Waals surface area contributed by atoms with Crippen LogP contribution in [0.2, 0.25) is 0 Å². The van der Waals surface area contributed by atoms with Gasteiger partial charge in [0.1, 0.15) is 0 Å². The van der Waals surface area contributed by atoms with E-state index in [1.165, 1.54) is 120 Å². The van der Waals surface area contributed by atoms with Gasteiger partial charge < -0.3 is 4.90 Å². The second kappa shape index (κ2) is 16.6. The summed E-state index contributed by atoms with van der Waals surface area (Å²) in [6.07, 6.45) is 0. The average Bonchev–Trinajstić information content (AvgIpc) is 4.23. The summed E-state index contributed by atoms with van der Waals surface area (Å²) in [5, 5.41) is 2.58. The molecule has 2 heteroatoms. The summed E-state index contributed by atoms with van der Waals surface area (Å²) >= 11 is 1.88. The number of thiophene rings is 1. The molecule has 0 amide bonds. The highest BCUT2D eigenvalue weighted by molar-refractivity contribution is 7.25. The van der Waals surface area contributed by atoms with Crippen molar-refractivity contribution in [3.05, 3.63) is 330 Å². The molecule has 0 saturated heterocycles. The van der Waals surface area contributed by atoms with Crippen molar-refractivity contribution in [1.82, 2.24) is 0 Å². The summed E-state index contributed by atoms with van der Waals surface area (Å²) < 4.78 is 2.57. The predicted octanol–water partition coefficient (Wildman–Crippen LogP) is 19.6. The first kappa shape index (κ1) is 43.1. The van der Waals surface area contributed by atoms with E-state index < -0.39 is 10.8 Å². The SMILES string of the molecule is c1ccc(-c2ccc(C3(c4ccc(-c5ccccc5)cc4)c4ccccc4-c4c(N(c5ccc6c(c5)sc5ccccc56)c5cccc6c5-c5ccccc5C65c6ccccc6-c6ccccc65)cccc43)cc2)cc1. The average molecular weight is 982 g/mol. The van der Waals surface area contributed by atoms with Crippen LogP contribution in [-0.4, -0.2) is 0 Å². The Labute approximate surface area is 446 Å². The van der Waals surface area contributed by atoms with Gasteiger partial charge in [0.2, 0.25) is 0 Å². The van der Waals surface area contributed by atoms with E-state index in [1.807, 2.05) is 11.3 Å². The highest BCUT2D eigenvalue weighted by Crippen LogP contribution is 2.66. The number of rotatable bonds is 7. The van der Waals surface area contributed by atoms with Gasteiger partial charge in [-0.2, -0.15) is 0 Å².